The lowest BCUT2D eigenvalue weighted by molar-refractivity contribution is 0.306. The predicted molar refractivity (Wildman–Crippen MR) is 114 cm³/mol. The molecule has 6 heteroatoms. The standard InChI is InChI=1S/C22H19N3O2.ClH/c1-26-19-11-12-20-21(13-19)23-15-24-22(20)25-17-7-9-18(10-8-17)27-14-16-5-3-2-4-6-16;/h2-13,15H,14H2,1H3,(H,23,24,25);1H. The Balaban J connectivity index is 0.00000225. The van der Waals surface area contributed by atoms with Gasteiger partial charge in [0.05, 0.1) is 12.6 Å². The van der Waals surface area contributed by atoms with Crippen molar-refractivity contribution in [3.8, 4) is 11.5 Å². The second kappa shape index (κ2) is 9.06. The highest BCUT2D eigenvalue weighted by Crippen LogP contribution is 2.27. The fourth-order valence-electron chi connectivity index (χ4n) is 2.78. The van der Waals surface area contributed by atoms with Gasteiger partial charge in [0.1, 0.15) is 30.3 Å². The fraction of sp³-hybridized carbons (Fsp3) is 0.0909. The minimum atomic E-state index is 0. The normalized spacial score (nSPS) is 10.2. The van der Waals surface area contributed by atoms with Crippen LogP contribution in [-0.2, 0) is 6.61 Å². The highest BCUT2D eigenvalue weighted by molar-refractivity contribution is 5.91. The molecule has 3 aromatic carbocycles. The lowest BCUT2D eigenvalue weighted by Gasteiger charge is -2.10. The Morgan fingerprint density at radius 1 is 0.857 bits per heavy atom. The SMILES string of the molecule is COc1ccc2c(Nc3ccc(OCc4ccccc4)cc3)ncnc2c1.Cl. The number of methoxy groups -OCH3 is 1. The first-order chi connectivity index (χ1) is 13.3. The van der Waals surface area contributed by atoms with E-state index in [9.17, 15) is 0 Å². The lowest BCUT2D eigenvalue weighted by Crippen LogP contribution is -1.97. The van der Waals surface area contributed by atoms with Gasteiger partial charge in [0.15, 0.2) is 0 Å². The molecule has 0 spiro atoms. The van der Waals surface area contributed by atoms with Crippen LogP contribution in [0.15, 0.2) is 79.1 Å². The predicted octanol–water partition coefficient (Wildman–Crippen LogP) is 5.38. The highest BCUT2D eigenvalue weighted by Gasteiger charge is 2.06. The number of nitrogens with one attached hydrogen (secondary N) is 1. The molecule has 4 rings (SSSR count). The van der Waals surface area contributed by atoms with Gasteiger partial charge < -0.3 is 14.8 Å². The maximum Gasteiger partial charge on any atom is 0.141 e. The van der Waals surface area contributed by atoms with Gasteiger partial charge in [-0.1, -0.05) is 30.3 Å². The van der Waals surface area contributed by atoms with Gasteiger partial charge in [-0.15, -0.1) is 12.4 Å². The number of nitrogens with zero attached hydrogens (tertiary/aromatic N) is 2. The molecule has 0 aliphatic heterocycles. The van der Waals surface area contributed by atoms with E-state index in [4.69, 9.17) is 9.47 Å². The van der Waals surface area contributed by atoms with Crippen molar-refractivity contribution in [2.45, 2.75) is 6.61 Å². The average molecular weight is 394 g/mol. The van der Waals surface area contributed by atoms with Crippen molar-refractivity contribution in [2.75, 3.05) is 12.4 Å². The Morgan fingerprint density at radius 2 is 1.61 bits per heavy atom. The van der Waals surface area contributed by atoms with Crippen LogP contribution in [0.1, 0.15) is 5.56 Å². The van der Waals surface area contributed by atoms with Gasteiger partial charge in [-0.3, -0.25) is 0 Å². The van der Waals surface area contributed by atoms with E-state index in [1.165, 1.54) is 0 Å². The number of rotatable bonds is 6. The first-order valence-electron chi connectivity index (χ1n) is 8.64. The molecule has 28 heavy (non-hydrogen) atoms. The van der Waals surface area contributed by atoms with Crippen molar-refractivity contribution >= 4 is 34.8 Å². The molecule has 1 aromatic heterocycles. The molecule has 0 aliphatic carbocycles. The first-order valence-corrected chi connectivity index (χ1v) is 8.64. The summed E-state index contributed by atoms with van der Waals surface area (Å²) in [5.41, 5.74) is 2.90. The Kier molecular flexibility index (Phi) is 6.29. The Labute approximate surface area is 169 Å². The van der Waals surface area contributed by atoms with Gasteiger partial charge in [-0.05, 0) is 42.0 Å². The summed E-state index contributed by atoms with van der Waals surface area (Å²) in [6, 6.07) is 23.7. The Hall–Kier alpha value is -3.31. The van der Waals surface area contributed by atoms with Crippen molar-refractivity contribution in [1.82, 2.24) is 9.97 Å². The van der Waals surface area contributed by atoms with Crippen LogP contribution in [0.2, 0.25) is 0 Å². The average Bonchev–Trinajstić information content (AvgIpc) is 2.74. The summed E-state index contributed by atoms with van der Waals surface area (Å²) in [7, 11) is 1.64. The van der Waals surface area contributed by atoms with E-state index >= 15 is 0 Å². The number of hydrogen-bond donors (Lipinski definition) is 1. The van der Waals surface area contributed by atoms with Gasteiger partial charge in [-0.2, -0.15) is 0 Å². The lowest BCUT2D eigenvalue weighted by atomic mass is 10.2. The van der Waals surface area contributed by atoms with E-state index < -0.39 is 0 Å². The molecule has 0 saturated carbocycles. The molecule has 0 unspecified atom stereocenters. The van der Waals surface area contributed by atoms with Crippen molar-refractivity contribution < 1.29 is 9.47 Å². The molecule has 0 radical (unpaired) electrons. The Morgan fingerprint density at radius 3 is 2.36 bits per heavy atom. The van der Waals surface area contributed by atoms with Crippen molar-refractivity contribution in [2.24, 2.45) is 0 Å². The quantitative estimate of drug-likeness (QED) is 0.476. The summed E-state index contributed by atoms with van der Waals surface area (Å²) >= 11 is 0. The van der Waals surface area contributed by atoms with Crippen LogP contribution in [0.4, 0.5) is 11.5 Å². The number of halogens is 1. The third-order valence-electron chi connectivity index (χ3n) is 4.21. The molecule has 0 atom stereocenters. The summed E-state index contributed by atoms with van der Waals surface area (Å²) < 4.78 is 11.1. The number of ether oxygens (including phenoxy) is 2. The van der Waals surface area contributed by atoms with Crippen LogP contribution in [0.3, 0.4) is 0 Å². The molecular formula is C22H20ClN3O2. The second-order valence-corrected chi connectivity index (χ2v) is 6.03. The van der Waals surface area contributed by atoms with Gasteiger partial charge >= 0.3 is 0 Å². The molecule has 0 saturated heterocycles. The molecule has 0 aliphatic rings. The van der Waals surface area contributed by atoms with Crippen LogP contribution < -0.4 is 14.8 Å². The van der Waals surface area contributed by atoms with Crippen molar-refractivity contribution in [3.05, 3.63) is 84.7 Å². The zero-order valence-corrected chi connectivity index (χ0v) is 16.1. The second-order valence-electron chi connectivity index (χ2n) is 6.03. The van der Waals surface area contributed by atoms with E-state index in [2.05, 4.69) is 15.3 Å². The molecular weight excluding hydrogens is 374 g/mol. The van der Waals surface area contributed by atoms with E-state index in [-0.39, 0.29) is 12.4 Å². The molecule has 4 aromatic rings. The van der Waals surface area contributed by atoms with Crippen LogP contribution in [0.25, 0.3) is 10.9 Å². The first kappa shape index (κ1) is 19.5. The molecule has 0 amide bonds. The third kappa shape index (κ3) is 4.50. The van der Waals surface area contributed by atoms with E-state index in [0.717, 1.165) is 39.5 Å². The van der Waals surface area contributed by atoms with Gasteiger partial charge in [0.25, 0.3) is 0 Å². The summed E-state index contributed by atoms with van der Waals surface area (Å²) in [4.78, 5) is 8.67. The minimum absolute atomic E-state index is 0. The van der Waals surface area contributed by atoms with Crippen LogP contribution in [0.5, 0.6) is 11.5 Å². The minimum Gasteiger partial charge on any atom is -0.497 e. The topological polar surface area (TPSA) is 56.3 Å². The molecule has 0 fully saturated rings. The molecule has 1 heterocycles. The zero-order valence-electron chi connectivity index (χ0n) is 15.3. The highest BCUT2D eigenvalue weighted by atomic mass is 35.5. The smallest absolute Gasteiger partial charge is 0.141 e. The van der Waals surface area contributed by atoms with Crippen molar-refractivity contribution in [1.29, 1.82) is 0 Å². The number of benzene rings is 3. The maximum absolute atomic E-state index is 5.83. The number of hydrogen-bond acceptors (Lipinski definition) is 5. The van der Waals surface area contributed by atoms with Crippen LogP contribution in [0, 0.1) is 0 Å². The number of aromatic nitrogens is 2. The van der Waals surface area contributed by atoms with Gasteiger partial charge in [-0.25, -0.2) is 9.97 Å². The van der Waals surface area contributed by atoms with Crippen LogP contribution >= 0.6 is 12.4 Å². The maximum atomic E-state index is 5.83. The largest absolute Gasteiger partial charge is 0.497 e. The van der Waals surface area contributed by atoms with E-state index in [0.29, 0.717) is 6.61 Å². The monoisotopic (exact) mass is 393 g/mol. The van der Waals surface area contributed by atoms with Gasteiger partial charge in [0, 0.05) is 17.1 Å². The fourth-order valence-corrected chi connectivity index (χ4v) is 2.78. The molecule has 142 valence electrons. The third-order valence-corrected chi connectivity index (χ3v) is 4.21. The van der Waals surface area contributed by atoms with Crippen molar-refractivity contribution in [3.63, 3.8) is 0 Å². The van der Waals surface area contributed by atoms with Gasteiger partial charge in [0.2, 0.25) is 0 Å². The molecule has 1 N–H and O–H groups in total. The zero-order chi connectivity index (χ0) is 18.5. The summed E-state index contributed by atoms with van der Waals surface area (Å²) in [6.07, 6.45) is 1.54. The van der Waals surface area contributed by atoms with Crippen LogP contribution in [-0.4, -0.2) is 17.1 Å². The molecule has 0 bridgehead atoms. The summed E-state index contributed by atoms with van der Waals surface area (Å²) in [6.45, 7) is 0.548. The summed E-state index contributed by atoms with van der Waals surface area (Å²) in [5.74, 6) is 2.34. The number of fused-ring (bicyclic) bond motifs is 1. The summed E-state index contributed by atoms with van der Waals surface area (Å²) in [5, 5.41) is 4.27. The molecule has 5 nitrogen and oxygen atoms in total. The Bertz CT molecular complexity index is 1040. The van der Waals surface area contributed by atoms with E-state index in [1.807, 2.05) is 72.8 Å². The number of anilines is 2. The van der Waals surface area contributed by atoms with E-state index in [1.54, 1.807) is 13.4 Å².